The smallest absolute Gasteiger partial charge is 0.191 e. The van der Waals surface area contributed by atoms with Crippen LogP contribution in [0, 0.1) is 6.92 Å². The van der Waals surface area contributed by atoms with Gasteiger partial charge in [0.2, 0.25) is 0 Å². The van der Waals surface area contributed by atoms with Crippen LogP contribution >= 0.6 is 0 Å². The maximum Gasteiger partial charge on any atom is 0.191 e. The largest absolute Gasteiger partial charge is 0.361 e. The predicted octanol–water partition coefficient (Wildman–Crippen LogP) is 2.99. The van der Waals surface area contributed by atoms with Crippen molar-refractivity contribution >= 4 is 16.9 Å². The molecule has 1 aliphatic rings. The highest BCUT2D eigenvalue weighted by atomic mass is 15.3. The maximum absolute atomic E-state index is 4.77. The molecule has 0 unspecified atom stereocenters. The Morgan fingerprint density at radius 2 is 1.87 bits per heavy atom. The van der Waals surface area contributed by atoms with Crippen molar-refractivity contribution < 1.29 is 0 Å². The third kappa shape index (κ3) is 6.74. The van der Waals surface area contributed by atoms with Gasteiger partial charge >= 0.3 is 0 Å². The van der Waals surface area contributed by atoms with Gasteiger partial charge in [-0.3, -0.25) is 4.99 Å². The molecule has 1 aliphatic heterocycles. The number of H-pyrrole nitrogens is 1. The number of aryl methyl sites for hydroxylation is 1. The Morgan fingerprint density at radius 1 is 1.07 bits per heavy atom. The Morgan fingerprint density at radius 3 is 2.63 bits per heavy atom. The molecule has 6 nitrogen and oxygen atoms in total. The lowest BCUT2D eigenvalue weighted by Crippen LogP contribution is -2.46. The van der Waals surface area contributed by atoms with Gasteiger partial charge in [0.1, 0.15) is 0 Å². The molecule has 1 aromatic carbocycles. The van der Waals surface area contributed by atoms with Gasteiger partial charge in [-0.2, -0.15) is 0 Å². The SMILES string of the molecule is CCNC(=NCCCCN1CCN(CC)CC1)NCCc1c[nH]c2cc(C)ccc12. The number of benzene rings is 1. The number of fused-ring (bicyclic) bond motifs is 1. The summed E-state index contributed by atoms with van der Waals surface area (Å²) in [6.45, 7) is 16.4. The Labute approximate surface area is 182 Å². The zero-order valence-electron chi connectivity index (χ0n) is 19.1. The van der Waals surface area contributed by atoms with E-state index in [1.54, 1.807) is 0 Å². The van der Waals surface area contributed by atoms with Crippen molar-refractivity contribution in [2.24, 2.45) is 4.99 Å². The molecule has 0 aliphatic carbocycles. The van der Waals surface area contributed by atoms with Gasteiger partial charge in [0.25, 0.3) is 0 Å². The van der Waals surface area contributed by atoms with E-state index in [0.29, 0.717) is 0 Å². The first-order chi connectivity index (χ1) is 14.7. The van der Waals surface area contributed by atoms with Crippen molar-refractivity contribution in [2.45, 2.75) is 40.0 Å². The minimum absolute atomic E-state index is 0.883. The second-order valence-corrected chi connectivity index (χ2v) is 8.28. The van der Waals surface area contributed by atoms with Crippen molar-refractivity contribution in [2.75, 3.05) is 58.9 Å². The van der Waals surface area contributed by atoms with Crippen molar-refractivity contribution in [3.8, 4) is 0 Å². The second-order valence-electron chi connectivity index (χ2n) is 8.28. The molecular formula is C24H40N6. The van der Waals surface area contributed by atoms with Crippen molar-refractivity contribution in [3.05, 3.63) is 35.5 Å². The minimum atomic E-state index is 0.883. The number of aromatic nitrogens is 1. The zero-order chi connectivity index (χ0) is 21.2. The highest BCUT2D eigenvalue weighted by molar-refractivity contribution is 5.84. The summed E-state index contributed by atoms with van der Waals surface area (Å²) in [7, 11) is 0. The van der Waals surface area contributed by atoms with Gasteiger partial charge in [0.15, 0.2) is 5.96 Å². The molecule has 6 heteroatoms. The monoisotopic (exact) mass is 412 g/mol. The number of rotatable bonds is 10. The minimum Gasteiger partial charge on any atom is -0.361 e. The lowest BCUT2D eigenvalue weighted by molar-refractivity contribution is 0.136. The van der Waals surface area contributed by atoms with E-state index in [4.69, 9.17) is 4.99 Å². The number of hydrogen-bond acceptors (Lipinski definition) is 3. The van der Waals surface area contributed by atoms with Gasteiger partial charge in [0.05, 0.1) is 0 Å². The molecule has 3 rings (SSSR count). The quantitative estimate of drug-likeness (QED) is 0.319. The molecule has 0 saturated carbocycles. The van der Waals surface area contributed by atoms with Crippen LogP contribution in [-0.4, -0.2) is 79.6 Å². The second kappa shape index (κ2) is 12.0. The van der Waals surface area contributed by atoms with Crippen LogP contribution in [0.5, 0.6) is 0 Å². The molecular weight excluding hydrogens is 372 g/mol. The summed E-state index contributed by atoms with van der Waals surface area (Å²) in [6, 6.07) is 6.61. The number of guanidine groups is 1. The van der Waals surface area contributed by atoms with Crippen LogP contribution in [-0.2, 0) is 6.42 Å². The summed E-state index contributed by atoms with van der Waals surface area (Å²) < 4.78 is 0. The lowest BCUT2D eigenvalue weighted by atomic mass is 10.1. The molecule has 1 aromatic heterocycles. The molecule has 2 heterocycles. The van der Waals surface area contributed by atoms with Crippen LogP contribution in [0.3, 0.4) is 0 Å². The Bertz CT molecular complexity index is 788. The fourth-order valence-electron chi connectivity index (χ4n) is 4.13. The van der Waals surface area contributed by atoms with Gasteiger partial charge < -0.3 is 25.4 Å². The van der Waals surface area contributed by atoms with Crippen molar-refractivity contribution in [3.63, 3.8) is 0 Å². The number of hydrogen-bond donors (Lipinski definition) is 3. The summed E-state index contributed by atoms with van der Waals surface area (Å²) in [5.41, 5.74) is 3.87. The first-order valence-electron chi connectivity index (χ1n) is 11.7. The molecule has 30 heavy (non-hydrogen) atoms. The first-order valence-corrected chi connectivity index (χ1v) is 11.7. The average molecular weight is 413 g/mol. The van der Waals surface area contributed by atoms with E-state index < -0.39 is 0 Å². The van der Waals surface area contributed by atoms with Gasteiger partial charge in [-0.05, 0) is 63.4 Å². The van der Waals surface area contributed by atoms with Crippen LogP contribution in [0.2, 0.25) is 0 Å². The lowest BCUT2D eigenvalue weighted by Gasteiger charge is -2.33. The van der Waals surface area contributed by atoms with Gasteiger partial charge in [-0.1, -0.05) is 19.1 Å². The van der Waals surface area contributed by atoms with E-state index in [2.05, 4.69) is 70.6 Å². The molecule has 0 bridgehead atoms. The van der Waals surface area contributed by atoms with Crippen molar-refractivity contribution in [1.82, 2.24) is 25.4 Å². The first kappa shape index (κ1) is 22.6. The molecule has 0 amide bonds. The van der Waals surface area contributed by atoms with Gasteiger partial charge in [0, 0.05) is 62.9 Å². The molecule has 3 N–H and O–H groups in total. The normalized spacial score (nSPS) is 16.3. The maximum atomic E-state index is 4.77. The topological polar surface area (TPSA) is 58.7 Å². The van der Waals surface area contributed by atoms with Crippen LogP contribution in [0.25, 0.3) is 10.9 Å². The van der Waals surface area contributed by atoms with E-state index >= 15 is 0 Å². The van der Waals surface area contributed by atoms with Crippen LogP contribution < -0.4 is 10.6 Å². The van der Waals surface area contributed by atoms with E-state index in [-0.39, 0.29) is 0 Å². The van der Waals surface area contributed by atoms with Crippen molar-refractivity contribution in [1.29, 1.82) is 0 Å². The van der Waals surface area contributed by atoms with E-state index in [1.165, 1.54) is 67.7 Å². The fourth-order valence-corrected chi connectivity index (χ4v) is 4.13. The summed E-state index contributed by atoms with van der Waals surface area (Å²) in [5, 5.41) is 8.19. The van der Waals surface area contributed by atoms with E-state index in [0.717, 1.165) is 38.4 Å². The fraction of sp³-hybridized carbons (Fsp3) is 0.625. The molecule has 2 aromatic rings. The summed E-state index contributed by atoms with van der Waals surface area (Å²) in [5.74, 6) is 0.935. The van der Waals surface area contributed by atoms with Crippen LogP contribution in [0.15, 0.2) is 29.4 Å². The number of nitrogens with one attached hydrogen (secondary N) is 3. The van der Waals surface area contributed by atoms with Gasteiger partial charge in [-0.25, -0.2) is 0 Å². The molecule has 1 fully saturated rings. The molecule has 0 radical (unpaired) electrons. The number of unbranched alkanes of at least 4 members (excludes halogenated alkanes) is 1. The summed E-state index contributed by atoms with van der Waals surface area (Å²) in [6.07, 6.45) is 5.49. The number of piperazine rings is 1. The third-order valence-electron chi connectivity index (χ3n) is 6.02. The van der Waals surface area contributed by atoms with Crippen LogP contribution in [0.1, 0.15) is 37.8 Å². The van der Waals surface area contributed by atoms with E-state index in [9.17, 15) is 0 Å². The third-order valence-corrected chi connectivity index (χ3v) is 6.02. The highest BCUT2D eigenvalue weighted by Gasteiger charge is 2.14. The number of aliphatic imine (C=N–C) groups is 1. The molecule has 1 saturated heterocycles. The highest BCUT2D eigenvalue weighted by Crippen LogP contribution is 2.19. The standard InChI is InChI=1S/C24H40N6/c1-4-25-24(26-11-6-7-13-30-16-14-29(5-2)15-17-30)27-12-10-21-19-28-23-18-20(3)8-9-22(21)23/h8-9,18-19,28H,4-7,10-17H2,1-3H3,(H2,25,26,27). The number of nitrogens with zero attached hydrogens (tertiary/aromatic N) is 3. The average Bonchev–Trinajstić information content (AvgIpc) is 3.15. The predicted molar refractivity (Wildman–Crippen MR) is 129 cm³/mol. The molecule has 166 valence electrons. The zero-order valence-corrected chi connectivity index (χ0v) is 19.1. The van der Waals surface area contributed by atoms with E-state index in [1.807, 2.05) is 0 Å². The Kier molecular flexibility index (Phi) is 9.02. The molecule has 0 spiro atoms. The van der Waals surface area contributed by atoms with Gasteiger partial charge in [-0.15, -0.1) is 0 Å². The number of likely N-dealkylation sites (N-methyl/N-ethyl adjacent to an activating group) is 1. The molecule has 0 atom stereocenters. The Balaban J connectivity index is 1.36. The Hall–Kier alpha value is -2.05. The van der Waals surface area contributed by atoms with Crippen LogP contribution in [0.4, 0.5) is 0 Å². The summed E-state index contributed by atoms with van der Waals surface area (Å²) in [4.78, 5) is 13.3. The number of aromatic amines is 1. The summed E-state index contributed by atoms with van der Waals surface area (Å²) >= 11 is 0.